The molecule has 0 saturated heterocycles. The van der Waals surface area contributed by atoms with Crippen molar-refractivity contribution in [3.63, 3.8) is 0 Å². The zero-order valence-corrected chi connectivity index (χ0v) is 12.5. The van der Waals surface area contributed by atoms with Crippen molar-refractivity contribution in [1.82, 2.24) is 5.32 Å². The Labute approximate surface area is 124 Å². The zero-order valence-electron chi connectivity index (χ0n) is 11.7. The first-order chi connectivity index (χ1) is 9.42. The van der Waals surface area contributed by atoms with E-state index in [1.165, 1.54) is 7.11 Å². The van der Waals surface area contributed by atoms with Gasteiger partial charge < -0.3 is 20.9 Å². The maximum atomic E-state index is 10.8. The molecule has 1 aromatic rings. The minimum absolute atomic E-state index is 0.0971. The van der Waals surface area contributed by atoms with Crippen LogP contribution < -0.4 is 15.8 Å². The van der Waals surface area contributed by atoms with E-state index in [4.69, 9.17) is 22.7 Å². The number of ether oxygens (including phenoxy) is 1. The van der Waals surface area contributed by atoms with Gasteiger partial charge in [0.15, 0.2) is 11.5 Å². The van der Waals surface area contributed by atoms with Crippen LogP contribution in [0, 0.1) is 5.92 Å². The average molecular weight is 296 g/mol. The second-order valence-electron chi connectivity index (χ2n) is 4.76. The molecule has 0 fully saturated rings. The molecule has 5 nitrogen and oxygen atoms in total. The summed E-state index contributed by atoms with van der Waals surface area (Å²) in [6, 6.07) is 5.17. The van der Waals surface area contributed by atoms with Crippen molar-refractivity contribution in [2.24, 2.45) is 11.7 Å². The number of amides is 1. The van der Waals surface area contributed by atoms with Crippen LogP contribution in [-0.2, 0) is 11.3 Å². The summed E-state index contributed by atoms with van der Waals surface area (Å²) in [5.74, 6) is 0.336. The third kappa shape index (κ3) is 5.44. The number of nitrogens with two attached hydrogens (primary N) is 1. The molecule has 0 aliphatic heterocycles. The number of nitrogens with one attached hydrogen (secondary N) is 1. The number of carbonyl (C=O) groups excluding carboxylic acids is 1. The standard InChI is InChI=1S/C14H20N2O3S/c1-9(5-13(15)18)6-14(20)16-8-10-3-4-12(19-2)11(17)7-10/h3-4,7,9,17H,5-6,8H2,1-2H3,(H2,15,18)(H,16,20)/t9-/m1/s1. The fourth-order valence-corrected chi connectivity index (χ4v) is 2.21. The highest BCUT2D eigenvalue weighted by Crippen LogP contribution is 2.26. The van der Waals surface area contributed by atoms with E-state index < -0.39 is 0 Å². The van der Waals surface area contributed by atoms with Crippen molar-refractivity contribution in [2.75, 3.05) is 7.11 Å². The van der Waals surface area contributed by atoms with Gasteiger partial charge in [0, 0.05) is 19.4 Å². The molecule has 0 spiro atoms. The summed E-state index contributed by atoms with van der Waals surface area (Å²) in [6.07, 6.45) is 0.936. The van der Waals surface area contributed by atoms with Crippen molar-refractivity contribution >= 4 is 23.1 Å². The predicted molar refractivity (Wildman–Crippen MR) is 81.7 cm³/mol. The number of methoxy groups -OCH3 is 1. The number of benzene rings is 1. The summed E-state index contributed by atoms with van der Waals surface area (Å²) in [5.41, 5.74) is 6.03. The van der Waals surface area contributed by atoms with Gasteiger partial charge in [-0.25, -0.2) is 0 Å². The first-order valence-corrected chi connectivity index (χ1v) is 6.74. The van der Waals surface area contributed by atoms with E-state index in [2.05, 4.69) is 5.32 Å². The Hall–Kier alpha value is -1.82. The Bertz CT molecular complexity index is 491. The van der Waals surface area contributed by atoms with Gasteiger partial charge in [-0.3, -0.25) is 4.79 Å². The van der Waals surface area contributed by atoms with E-state index >= 15 is 0 Å². The van der Waals surface area contributed by atoms with Crippen LogP contribution in [0.3, 0.4) is 0 Å². The van der Waals surface area contributed by atoms with Crippen LogP contribution in [0.4, 0.5) is 0 Å². The lowest BCUT2D eigenvalue weighted by atomic mass is 10.0. The normalized spacial score (nSPS) is 11.7. The van der Waals surface area contributed by atoms with Gasteiger partial charge in [0.05, 0.1) is 12.1 Å². The number of phenolic OH excluding ortho intramolecular Hbond substituents is 1. The highest BCUT2D eigenvalue weighted by molar-refractivity contribution is 7.80. The monoisotopic (exact) mass is 296 g/mol. The van der Waals surface area contributed by atoms with Crippen molar-refractivity contribution < 1.29 is 14.6 Å². The van der Waals surface area contributed by atoms with Gasteiger partial charge in [0.25, 0.3) is 0 Å². The lowest BCUT2D eigenvalue weighted by Crippen LogP contribution is -2.24. The second kappa shape index (κ2) is 7.69. The first-order valence-electron chi connectivity index (χ1n) is 6.33. The van der Waals surface area contributed by atoms with Crippen LogP contribution >= 0.6 is 12.2 Å². The number of primary amides is 1. The molecule has 0 aliphatic rings. The largest absolute Gasteiger partial charge is 0.504 e. The molecular weight excluding hydrogens is 276 g/mol. The number of aromatic hydroxyl groups is 1. The smallest absolute Gasteiger partial charge is 0.217 e. The fourth-order valence-electron chi connectivity index (χ4n) is 1.85. The molecule has 0 unspecified atom stereocenters. The van der Waals surface area contributed by atoms with Crippen molar-refractivity contribution in [3.05, 3.63) is 23.8 Å². The lowest BCUT2D eigenvalue weighted by molar-refractivity contribution is -0.118. The van der Waals surface area contributed by atoms with E-state index in [1.807, 2.05) is 13.0 Å². The van der Waals surface area contributed by atoms with E-state index in [0.717, 1.165) is 5.56 Å². The number of rotatable bonds is 7. The molecular formula is C14H20N2O3S. The Morgan fingerprint density at radius 3 is 2.75 bits per heavy atom. The van der Waals surface area contributed by atoms with E-state index in [9.17, 15) is 9.90 Å². The van der Waals surface area contributed by atoms with Crippen LogP contribution in [0.5, 0.6) is 11.5 Å². The van der Waals surface area contributed by atoms with Gasteiger partial charge in [-0.1, -0.05) is 25.2 Å². The van der Waals surface area contributed by atoms with Gasteiger partial charge in [-0.05, 0) is 23.6 Å². The van der Waals surface area contributed by atoms with Crippen molar-refractivity contribution in [3.8, 4) is 11.5 Å². The molecule has 0 saturated carbocycles. The Balaban J connectivity index is 2.44. The van der Waals surface area contributed by atoms with Gasteiger partial charge in [-0.15, -0.1) is 0 Å². The zero-order chi connectivity index (χ0) is 15.1. The third-order valence-electron chi connectivity index (χ3n) is 2.82. The molecule has 0 aliphatic carbocycles. The van der Waals surface area contributed by atoms with Crippen molar-refractivity contribution in [1.29, 1.82) is 0 Å². The van der Waals surface area contributed by atoms with Gasteiger partial charge >= 0.3 is 0 Å². The third-order valence-corrected chi connectivity index (χ3v) is 3.13. The molecule has 1 amide bonds. The molecule has 110 valence electrons. The van der Waals surface area contributed by atoms with Gasteiger partial charge in [-0.2, -0.15) is 0 Å². The second-order valence-corrected chi connectivity index (χ2v) is 5.26. The highest BCUT2D eigenvalue weighted by atomic mass is 32.1. The predicted octanol–water partition coefficient (Wildman–Crippen LogP) is 1.72. The van der Waals surface area contributed by atoms with E-state index in [-0.39, 0.29) is 17.6 Å². The molecule has 1 rings (SSSR count). The van der Waals surface area contributed by atoms with Crippen molar-refractivity contribution in [2.45, 2.75) is 26.3 Å². The molecule has 20 heavy (non-hydrogen) atoms. The molecule has 6 heteroatoms. The molecule has 1 aromatic carbocycles. The topological polar surface area (TPSA) is 84.6 Å². The maximum Gasteiger partial charge on any atom is 0.217 e. The lowest BCUT2D eigenvalue weighted by Gasteiger charge is -2.13. The number of thiocarbonyl (C=S) groups is 1. The summed E-state index contributed by atoms with van der Waals surface area (Å²) in [4.78, 5) is 11.5. The Kier molecular flexibility index (Phi) is 6.24. The molecule has 1 atom stereocenters. The number of hydrogen-bond donors (Lipinski definition) is 3. The van der Waals surface area contributed by atoms with Crippen LogP contribution in [0.15, 0.2) is 18.2 Å². The summed E-state index contributed by atoms with van der Waals surface area (Å²) >= 11 is 5.21. The SMILES string of the molecule is COc1ccc(CNC(=S)C[C@H](C)CC(N)=O)cc1O. The van der Waals surface area contributed by atoms with E-state index in [0.29, 0.717) is 30.1 Å². The van der Waals surface area contributed by atoms with Crippen LogP contribution in [0.1, 0.15) is 25.3 Å². The Morgan fingerprint density at radius 2 is 2.20 bits per heavy atom. The van der Waals surface area contributed by atoms with Gasteiger partial charge in [0.1, 0.15) is 0 Å². The molecule has 4 N–H and O–H groups in total. The number of phenols is 1. The molecule has 0 aromatic heterocycles. The number of carbonyl (C=O) groups is 1. The Morgan fingerprint density at radius 1 is 1.50 bits per heavy atom. The molecule has 0 heterocycles. The highest BCUT2D eigenvalue weighted by Gasteiger charge is 2.09. The summed E-state index contributed by atoms with van der Waals surface area (Å²) in [6.45, 7) is 2.44. The average Bonchev–Trinajstić information content (AvgIpc) is 2.35. The molecule has 0 radical (unpaired) electrons. The van der Waals surface area contributed by atoms with E-state index in [1.54, 1.807) is 12.1 Å². The fraction of sp³-hybridized carbons (Fsp3) is 0.429. The van der Waals surface area contributed by atoms with Crippen LogP contribution in [0.2, 0.25) is 0 Å². The first kappa shape index (κ1) is 16.2. The maximum absolute atomic E-state index is 10.8. The molecule has 0 bridgehead atoms. The summed E-state index contributed by atoms with van der Waals surface area (Å²) < 4.78 is 4.98. The van der Waals surface area contributed by atoms with Crippen LogP contribution in [0.25, 0.3) is 0 Å². The summed E-state index contributed by atoms with van der Waals surface area (Å²) in [5, 5.41) is 12.8. The summed E-state index contributed by atoms with van der Waals surface area (Å²) in [7, 11) is 1.50. The number of hydrogen-bond acceptors (Lipinski definition) is 4. The van der Waals surface area contributed by atoms with Crippen LogP contribution in [-0.4, -0.2) is 23.1 Å². The minimum atomic E-state index is -0.319. The van der Waals surface area contributed by atoms with Gasteiger partial charge in [0.2, 0.25) is 5.91 Å². The minimum Gasteiger partial charge on any atom is -0.504 e. The quantitative estimate of drug-likeness (QED) is 0.667.